The molecule has 0 aliphatic heterocycles. The zero-order valence-corrected chi connectivity index (χ0v) is 9.51. The normalized spacial score (nSPS) is 10.5. The minimum absolute atomic E-state index is 0.640. The van der Waals surface area contributed by atoms with Crippen molar-refractivity contribution in [3.63, 3.8) is 0 Å². The lowest BCUT2D eigenvalue weighted by Crippen LogP contribution is -2.19. The topological polar surface area (TPSA) is 34.4 Å². The van der Waals surface area contributed by atoms with Crippen molar-refractivity contribution < 1.29 is 9.15 Å². The van der Waals surface area contributed by atoms with E-state index in [-0.39, 0.29) is 0 Å². The van der Waals surface area contributed by atoms with Crippen molar-refractivity contribution >= 4 is 0 Å². The molecule has 1 N–H and O–H groups in total. The van der Waals surface area contributed by atoms with Crippen LogP contribution in [0.1, 0.15) is 18.2 Å². The Morgan fingerprint density at radius 1 is 1.60 bits per heavy atom. The highest BCUT2D eigenvalue weighted by Crippen LogP contribution is 2.07. The largest absolute Gasteiger partial charge is 0.468 e. The Hall–Kier alpha value is -1.06. The molecule has 0 saturated carbocycles. The molecule has 0 aliphatic rings. The summed E-state index contributed by atoms with van der Waals surface area (Å²) in [6.07, 6.45) is 1.71. The number of rotatable bonds is 7. The molecule has 1 heterocycles. The Balaban J connectivity index is 2.03. The van der Waals surface area contributed by atoms with E-state index in [4.69, 9.17) is 9.15 Å². The van der Waals surface area contributed by atoms with Crippen LogP contribution in [0.25, 0.3) is 0 Å². The average Bonchev–Trinajstić information content (AvgIpc) is 2.57. The lowest BCUT2D eigenvalue weighted by Gasteiger charge is -2.05. The highest BCUT2D eigenvalue weighted by Gasteiger charge is 1.99. The molecule has 0 bridgehead atoms. The van der Waals surface area contributed by atoms with Gasteiger partial charge in [0.05, 0.1) is 26.0 Å². The van der Waals surface area contributed by atoms with E-state index in [1.54, 1.807) is 6.26 Å². The van der Waals surface area contributed by atoms with E-state index in [2.05, 4.69) is 11.9 Å². The number of hydrogen-bond acceptors (Lipinski definition) is 3. The van der Waals surface area contributed by atoms with Crippen LogP contribution in [0.15, 0.2) is 28.9 Å². The second-order valence-corrected chi connectivity index (χ2v) is 3.71. The SMILES string of the molecule is C=C(C)COCCNCc1occc1C. The first kappa shape index (κ1) is 12.0. The van der Waals surface area contributed by atoms with Crippen LogP contribution in [-0.4, -0.2) is 19.8 Å². The first-order valence-corrected chi connectivity index (χ1v) is 5.16. The average molecular weight is 209 g/mol. The Kier molecular flexibility index (Phi) is 5.15. The minimum Gasteiger partial charge on any atom is -0.468 e. The van der Waals surface area contributed by atoms with Gasteiger partial charge in [-0.2, -0.15) is 0 Å². The van der Waals surface area contributed by atoms with Crippen molar-refractivity contribution in [1.29, 1.82) is 0 Å². The maximum atomic E-state index is 5.35. The van der Waals surface area contributed by atoms with Crippen LogP contribution >= 0.6 is 0 Å². The zero-order valence-electron chi connectivity index (χ0n) is 9.51. The molecule has 0 spiro atoms. The molecule has 1 aromatic rings. The van der Waals surface area contributed by atoms with Crippen molar-refractivity contribution in [2.45, 2.75) is 20.4 Å². The number of ether oxygens (including phenoxy) is 1. The van der Waals surface area contributed by atoms with Gasteiger partial charge in [0.15, 0.2) is 0 Å². The quantitative estimate of drug-likeness (QED) is 0.552. The number of hydrogen-bond donors (Lipinski definition) is 1. The molecular weight excluding hydrogens is 190 g/mol. The van der Waals surface area contributed by atoms with Crippen molar-refractivity contribution in [1.82, 2.24) is 5.32 Å². The summed E-state index contributed by atoms with van der Waals surface area (Å²) in [5.41, 5.74) is 2.24. The Bertz CT molecular complexity index is 304. The Morgan fingerprint density at radius 3 is 3.00 bits per heavy atom. The van der Waals surface area contributed by atoms with Crippen molar-refractivity contribution in [3.8, 4) is 0 Å². The van der Waals surface area contributed by atoms with Gasteiger partial charge in [0.25, 0.3) is 0 Å². The van der Waals surface area contributed by atoms with Crippen molar-refractivity contribution in [3.05, 3.63) is 35.8 Å². The first-order chi connectivity index (χ1) is 7.20. The van der Waals surface area contributed by atoms with Gasteiger partial charge in [-0.1, -0.05) is 12.2 Å². The summed E-state index contributed by atoms with van der Waals surface area (Å²) >= 11 is 0. The van der Waals surface area contributed by atoms with Crippen molar-refractivity contribution in [2.24, 2.45) is 0 Å². The van der Waals surface area contributed by atoms with Gasteiger partial charge in [0.1, 0.15) is 5.76 Å². The van der Waals surface area contributed by atoms with Gasteiger partial charge in [0, 0.05) is 6.54 Å². The maximum absolute atomic E-state index is 5.35. The summed E-state index contributed by atoms with van der Waals surface area (Å²) in [7, 11) is 0. The summed E-state index contributed by atoms with van der Waals surface area (Å²) in [6, 6.07) is 1.97. The summed E-state index contributed by atoms with van der Waals surface area (Å²) < 4.78 is 10.6. The fourth-order valence-electron chi connectivity index (χ4n) is 1.18. The second kappa shape index (κ2) is 6.43. The molecule has 84 valence electrons. The highest BCUT2D eigenvalue weighted by molar-refractivity contribution is 5.13. The highest BCUT2D eigenvalue weighted by atomic mass is 16.5. The van der Waals surface area contributed by atoms with E-state index in [0.29, 0.717) is 13.2 Å². The Morgan fingerprint density at radius 2 is 2.40 bits per heavy atom. The van der Waals surface area contributed by atoms with Crippen LogP contribution in [0.3, 0.4) is 0 Å². The van der Waals surface area contributed by atoms with Gasteiger partial charge in [-0.15, -0.1) is 0 Å². The lowest BCUT2D eigenvalue weighted by atomic mass is 10.3. The minimum atomic E-state index is 0.640. The first-order valence-electron chi connectivity index (χ1n) is 5.16. The van der Waals surface area contributed by atoms with Gasteiger partial charge in [-0.05, 0) is 25.5 Å². The molecule has 0 atom stereocenters. The third-order valence-corrected chi connectivity index (χ3v) is 2.03. The van der Waals surface area contributed by atoms with E-state index in [0.717, 1.165) is 24.4 Å². The fraction of sp³-hybridized carbons (Fsp3) is 0.500. The van der Waals surface area contributed by atoms with Crippen LogP contribution < -0.4 is 5.32 Å². The lowest BCUT2D eigenvalue weighted by molar-refractivity contribution is 0.157. The predicted octanol–water partition coefficient (Wildman–Crippen LogP) is 2.27. The van der Waals surface area contributed by atoms with Crippen LogP contribution in [0, 0.1) is 6.92 Å². The molecule has 0 aromatic carbocycles. The van der Waals surface area contributed by atoms with E-state index in [9.17, 15) is 0 Å². The smallest absolute Gasteiger partial charge is 0.120 e. The summed E-state index contributed by atoms with van der Waals surface area (Å²) in [5.74, 6) is 0.995. The van der Waals surface area contributed by atoms with Crippen LogP contribution in [-0.2, 0) is 11.3 Å². The van der Waals surface area contributed by atoms with E-state index in [1.807, 2.05) is 19.9 Å². The molecule has 0 amide bonds. The summed E-state index contributed by atoms with van der Waals surface area (Å²) in [4.78, 5) is 0. The van der Waals surface area contributed by atoms with E-state index in [1.165, 1.54) is 5.56 Å². The van der Waals surface area contributed by atoms with E-state index < -0.39 is 0 Å². The zero-order chi connectivity index (χ0) is 11.1. The molecule has 15 heavy (non-hydrogen) atoms. The standard InChI is InChI=1S/C12H19NO2/c1-10(2)9-14-7-5-13-8-12-11(3)4-6-15-12/h4,6,13H,1,5,7-9H2,2-3H3. The fourth-order valence-corrected chi connectivity index (χ4v) is 1.18. The van der Waals surface area contributed by atoms with Gasteiger partial charge < -0.3 is 14.5 Å². The maximum Gasteiger partial charge on any atom is 0.120 e. The van der Waals surface area contributed by atoms with Crippen LogP contribution in [0.2, 0.25) is 0 Å². The van der Waals surface area contributed by atoms with Crippen LogP contribution in [0.5, 0.6) is 0 Å². The number of aryl methyl sites for hydroxylation is 1. The molecule has 0 aliphatic carbocycles. The van der Waals surface area contributed by atoms with Gasteiger partial charge in [-0.3, -0.25) is 0 Å². The molecule has 0 unspecified atom stereocenters. The molecular formula is C12H19NO2. The molecule has 0 saturated heterocycles. The molecule has 3 nitrogen and oxygen atoms in total. The van der Waals surface area contributed by atoms with Gasteiger partial charge in [-0.25, -0.2) is 0 Å². The predicted molar refractivity (Wildman–Crippen MR) is 60.8 cm³/mol. The van der Waals surface area contributed by atoms with Crippen molar-refractivity contribution in [2.75, 3.05) is 19.8 Å². The molecule has 1 rings (SSSR count). The molecule has 1 aromatic heterocycles. The second-order valence-electron chi connectivity index (χ2n) is 3.71. The summed E-state index contributed by atoms with van der Waals surface area (Å²) in [5, 5.41) is 3.25. The van der Waals surface area contributed by atoms with Gasteiger partial charge in [0.2, 0.25) is 0 Å². The third kappa shape index (κ3) is 4.81. The number of furan rings is 1. The third-order valence-electron chi connectivity index (χ3n) is 2.03. The molecule has 0 radical (unpaired) electrons. The monoisotopic (exact) mass is 209 g/mol. The van der Waals surface area contributed by atoms with E-state index >= 15 is 0 Å². The van der Waals surface area contributed by atoms with Crippen LogP contribution in [0.4, 0.5) is 0 Å². The number of nitrogens with one attached hydrogen (secondary N) is 1. The summed E-state index contributed by atoms with van der Waals surface area (Å²) in [6.45, 7) is 10.7. The Labute approximate surface area is 91.1 Å². The van der Waals surface area contributed by atoms with Gasteiger partial charge >= 0.3 is 0 Å². The molecule has 3 heteroatoms. The molecule has 0 fully saturated rings.